The SMILES string of the molecule is COc1ccc(N)cc1C(=O)NCC=C(C)C. The lowest BCUT2D eigenvalue weighted by atomic mass is 10.1. The van der Waals surface area contributed by atoms with E-state index in [2.05, 4.69) is 5.32 Å². The second kappa shape index (κ2) is 5.94. The molecule has 92 valence electrons. The second-order valence-electron chi connectivity index (χ2n) is 3.95. The van der Waals surface area contributed by atoms with Crippen molar-refractivity contribution >= 4 is 11.6 Å². The highest BCUT2D eigenvalue weighted by Crippen LogP contribution is 2.20. The molecule has 0 radical (unpaired) electrons. The Bertz CT molecular complexity index is 435. The molecule has 0 aliphatic rings. The van der Waals surface area contributed by atoms with Gasteiger partial charge in [-0.25, -0.2) is 0 Å². The smallest absolute Gasteiger partial charge is 0.255 e. The molecule has 0 spiro atoms. The molecule has 0 saturated heterocycles. The van der Waals surface area contributed by atoms with E-state index in [9.17, 15) is 4.79 Å². The molecule has 0 saturated carbocycles. The van der Waals surface area contributed by atoms with E-state index in [1.165, 1.54) is 7.11 Å². The van der Waals surface area contributed by atoms with Crippen LogP contribution in [0.2, 0.25) is 0 Å². The van der Waals surface area contributed by atoms with E-state index in [-0.39, 0.29) is 5.91 Å². The summed E-state index contributed by atoms with van der Waals surface area (Å²) in [5, 5.41) is 2.78. The highest BCUT2D eigenvalue weighted by atomic mass is 16.5. The van der Waals surface area contributed by atoms with Gasteiger partial charge in [0.25, 0.3) is 5.91 Å². The first-order valence-corrected chi connectivity index (χ1v) is 5.39. The third-order valence-electron chi connectivity index (χ3n) is 2.24. The number of methoxy groups -OCH3 is 1. The van der Waals surface area contributed by atoms with Crippen LogP contribution in [0.5, 0.6) is 5.75 Å². The van der Waals surface area contributed by atoms with Gasteiger partial charge in [-0.2, -0.15) is 0 Å². The monoisotopic (exact) mass is 234 g/mol. The Morgan fingerprint density at radius 3 is 2.76 bits per heavy atom. The molecule has 0 atom stereocenters. The minimum Gasteiger partial charge on any atom is -0.496 e. The lowest BCUT2D eigenvalue weighted by Crippen LogP contribution is -2.24. The summed E-state index contributed by atoms with van der Waals surface area (Å²) in [5.41, 5.74) is 7.80. The fraction of sp³-hybridized carbons (Fsp3) is 0.308. The standard InChI is InChI=1S/C13H18N2O2/c1-9(2)6-7-15-13(16)11-8-10(14)4-5-12(11)17-3/h4-6,8H,7,14H2,1-3H3,(H,15,16). The Morgan fingerprint density at radius 1 is 1.47 bits per heavy atom. The molecule has 0 heterocycles. The van der Waals surface area contributed by atoms with E-state index in [0.717, 1.165) is 5.57 Å². The van der Waals surface area contributed by atoms with Crippen LogP contribution in [0.25, 0.3) is 0 Å². The Hall–Kier alpha value is -1.97. The molecule has 0 aliphatic heterocycles. The van der Waals surface area contributed by atoms with E-state index >= 15 is 0 Å². The zero-order valence-corrected chi connectivity index (χ0v) is 10.4. The van der Waals surface area contributed by atoms with Crippen molar-refractivity contribution in [3.8, 4) is 5.75 Å². The quantitative estimate of drug-likeness (QED) is 0.618. The maximum absolute atomic E-state index is 11.9. The minimum atomic E-state index is -0.188. The molecule has 0 aliphatic carbocycles. The molecule has 1 rings (SSSR count). The molecule has 4 heteroatoms. The number of nitrogen functional groups attached to an aromatic ring is 1. The van der Waals surface area contributed by atoms with Crippen LogP contribution in [0.1, 0.15) is 24.2 Å². The van der Waals surface area contributed by atoms with Crippen LogP contribution in [0.15, 0.2) is 29.8 Å². The Balaban J connectivity index is 2.80. The van der Waals surface area contributed by atoms with E-state index in [1.807, 2.05) is 19.9 Å². The zero-order valence-electron chi connectivity index (χ0n) is 10.4. The summed E-state index contributed by atoms with van der Waals surface area (Å²) in [6, 6.07) is 4.99. The predicted molar refractivity (Wildman–Crippen MR) is 69.2 cm³/mol. The fourth-order valence-electron chi connectivity index (χ4n) is 1.35. The largest absolute Gasteiger partial charge is 0.496 e. The minimum absolute atomic E-state index is 0.188. The summed E-state index contributed by atoms with van der Waals surface area (Å²) in [5.74, 6) is 0.334. The van der Waals surface area contributed by atoms with Crippen LogP contribution >= 0.6 is 0 Å². The number of rotatable bonds is 4. The second-order valence-corrected chi connectivity index (χ2v) is 3.95. The van der Waals surface area contributed by atoms with Crippen LogP contribution in [0.4, 0.5) is 5.69 Å². The third-order valence-corrected chi connectivity index (χ3v) is 2.24. The predicted octanol–water partition coefficient (Wildman–Crippen LogP) is 1.97. The van der Waals surface area contributed by atoms with Crippen LogP contribution in [0, 0.1) is 0 Å². The number of hydrogen-bond donors (Lipinski definition) is 2. The molecule has 0 fully saturated rings. The number of amides is 1. The van der Waals surface area contributed by atoms with Crippen molar-refractivity contribution in [1.29, 1.82) is 0 Å². The number of allylic oxidation sites excluding steroid dienone is 1. The number of nitrogens with two attached hydrogens (primary N) is 1. The van der Waals surface area contributed by atoms with E-state index in [1.54, 1.807) is 18.2 Å². The van der Waals surface area contributed by atoms with Gasteiger partial charge in [0.1, 0.15) is 5.75 Å². The molecule has 1 amide bonds. The molecule has 0 unspecified atom stereocenters. The Morgan fingerprint density at radius 2 is 2.18 bits per heavy atom. The Labute approximate surface area is 101 Å². The van der Waals surface area contributed by atoms with E-state index in [0.29, 0.717) is 23.5 Å². The fourth-order valence-corrected chi connectivity index (χ4v) is 1.35. The first-order chi connectivity index (χ1) is 8.04. The van der Waals surface area contributed by atoms with Crippen molar-refractivity contribution in [2.45, 2.75) is 13.8 Å². The lowest BCUT2D eigenvalue weighted by molar-refractivity contribution is 0.0955. The van der Waals surface area contributed by atoms with Crippen molar-refractivity contribution < 1.29 is 9.53 Å². The summed E-state index contributed by atoms with van der Waals surface area (Å²) in [4.78, 5) is 11.9. The highest BCUT2D eigenvalue weighted by molar-refractivity contribution is 5.97. The van der Waals surface area contributed by atoms with E-state index in [4.69, 9.17) is 10.5 Å². The normalized spacial score (nSPS) is 9.59. The number of nitrogens with one attached hydrogen (secondary N) is 1. The molecule has 0 aromatic heterocycles. The van der Waals surface area contributed by atoms with Crippen LogP contribution in [-0.4, -0.2) is 19.6 Å². The van der Waals surface area contributed by atoms with Gasteiger partial charge in [0.05, 0.1) is 12.7 Å². The van der Waals surface area contributed by atoms with Crippen molar-refractivity contribution in [2.24, 2.45) is 0 Å². The van der Waals surface area contributed by atoms with Crippen LogP contribution < -0.4 is 15.8 Å². The van der Waals surface area contributed by atoms with Gasteiger partial charge in [-0.05, 0) is 32.0 Å². The van der Waals surface area contributed by atoms with Crippen LogP contribution in [-0.2, 0) is 0 Å². The van der Waals surface area contributed by atoms with Gasteiger partial charge in [0.2, 0.25) is 0 Å². The van der Waals surface area contributed by atoms with Gasteiger partial charge in [0, 0.05) is 12.2 Å². The van der Waals surface area contributed by atoms with Crippen molar-refractivity contribution in [1.82, 2.24) is 5.32 Å². The van der Waals surface area contributed by atoms with Gasteiger partial charge in [-0.1, -0.05) is 11.6 Å². The average molecular weight is 234 g/mol. The first kappa shape index (κ1) is 13.1. The van der Waals surface area contributed by atoms with Crippen molar-refractivity contribution in [2.75, 3.05) is 19.4 Å². The highest BCUT2D eigenvalue weighted by Gasteiger charge is 2.11. The summed E-state index contributed by atoms with van der Waals surface area (Å²) in [6.07, 6.45) is 1.94. The van der Waals surface area contributed by atoms with Gasteiger partial charge >= 0.3 is 0 Å². The van der Waals surface area contributed by atoms with Gasteiger partial charge < -0.3 is 15.8 Å². The molecule has 3 N–H and O–H groups in total. The zero-order chi connectivity index (χ0) is 12.8. The van der Waals surface area contributed by atoms with Crippen LogP contribution in [0.3, 0.4) is 0 Å². The van der Waals surface area contributed by atoms with E-state index < -0.39 is 0 Å². The molecule has 17 heavy (non-hydrogen) atoms. The third kappa shape index (κ3) is 3.83. The average Bonchev–Trinajstić information content (AvgIpc) is 2.28. The van der Waals surface area contributed by atoms with Gasteiger partial charge in [0.15, 0.2) is 0 Å². The molecule has 1 aromatic carbocycles. The summed E-state index contributed by atoms with van der Waals surface area (Å²) >= 11 is 0. The summed E-state index contributed by atoms with van der Waals surface area (Å²) in [7, 11) is 1.53. The number of hydrogen-bond acceptors (Lipinski definition) is 3. The lowest BCUT2D eigenvalue weighted by Gasteiger charge is -2.09. The number of carbonyl (C=O) groups is 1. The molecule has 4 nitrogen and oxygen atoms in total. The maximum atomic E-state index is 11.9. The molecule has 1 aromatic rings. The summed E-state index contributed by atoms with van der Waals surface area (Å²) in [6.45, 7) is 4.46. The van der Waals surface area contributed by atoms with Crippen molar-refractivity contribution in [3.05, 3.63) is 35.4 Å². The number of anilines is 1. The number of ether oxygens (including phenoxy) is 1. The number of benzene rings is 1. The molecular formula is C13H18N2O2. The first-order valence-electron chi connectivity index (χ1n) is 5.39. The maximum Gasteiger partial charge on any atom is 0.255 e. The summed E-state index contributed by atoms with van der Waals surface area (Å²) < 4.78 is 5.12. The number of carbonyl (C=O) groups excluding carboxylic acids is 1. The topological polar surface area (TPSA) is 64.3 Å². The van der Waals surface area contributed by atoms with Gasteiger partial charge in [-0.3, -0.25) is 4.79 Å². The van der Waals surface area contributed by atoms with Gasteiger partial charge in [-0.15, -0.1) is 0 Å². The molecule has 0 bridgehead atoms. The molecular weight excluding hydrogens is 216 g/mol. The Kier molecular flexibility index (Phi) is 4.57. The van der Waals surface area contributed by atoms with Crippen molar-refractivity contribution in [3.63, 3.8) is 0 Å².